The first-order chi connectivity index (χ1) is 13.5. The number of carbonyl (C=O) groups excluding carboxylic acids is 2. The molecule has 1 aromatic carbocycles. The van der Waals surface area contributed by atoms with Crippen molar-refractivity contribution >= 4 is 11.9 Å². The molecule has 28 heavy (non-hydrogen) atoms. The van der Waals surface area contributed by atoms with Gasteiger partial charge in [0.05, 0.1) is 18.7 Å². The van der Waals surface area contributed by atoms with E-state index in [9.17, 15) is 14.0 Å². The fraction of sp³-hybridized carbons (Fsp3) is 0.600. The van der Waals surface area contributed by atoms with Crippen molar-refractivity contribution in [2.24, 2.45) is 0 Å². The molecule has 2 aliphatic rings. The van der Waals surface area contributed by atoms with Crippen molar-refractivity contribution in [1.29, 1.82) is 0 Å². The largest absolute Gasteiger partial charge is 0.376 e. The maximum atomic E-state index is 13.3. The third kappa shape index (κ3) is 5.65. The lowest BCUT2D eigenvalue weighted by Crippen LogP contribution is -2.50. The predicted octanol–water partition coefficient (Wildman–Crippen LogP) is 1.56. The molecule has 0 bridgehead atoms. The van der Waals surface area contributed by atoms with Gasteiger partial charge in [-0.2, -0.15) is 0 Å². The zero-order valence-corrected chi connectivity index (χ0v) is 16.2. The summed E-state index contributed by atoms with van der Waals surface area (Å²) in [5, 5.41) is 8.68. The summed E-state index contributed by atoms with van der Waals surface area (Å²) in [7, 11) is 1.63. The van der Waals surface area contributed by atoms with E-state index in [1.807, 2.05) is 0 Å². The number of benzene rings is 1. The van der Waals surface area contributed by atoms with E-state index in [2.05, 4.69) is 20.9 Å². The van der Waals surface area contributed by atoms with Crippen LogP contribution in [-0.4, -0.2) is 62.3 Å². The van der Waals surface area contributed by atoms with Gasteiger partial charge >= 0.3 is 6.03 Å². The third-order valence-corrected chi connectivity index (χ3v) is 5.42. The number of likely N-dealkylation sites (N-methyl/N-ethyl adjacent to an activating group) is 1. The van der Waals surface area contributed by atoms with Gasteiger partial charge < -0.3 is 20.7 Å². The van der Waals surface area contributed by atoms with Gasteiger partial charge in [0, 0.05) is 32.8 Å². The molecule has 3 N–H and O–H groups in total. The summed E-state index contributed by atoms with van der Waals surface area (Å²) in [4.78, 5) is 26.2. The van der Waals surface area contributed by atoms with Crippen LogP contribution in [-0.2, 0) is 9.53 Å². The van der Waals surface area contributed by atoms with Crippen molar-refractivity contribution in [3.63, 3.8) is 0 Å². The van der Waals surface area contributed by atoms with Gasteiger partial charge in [-0.25, -0.2) is 9.18 Å². The molecule has 2 heterocycles. The standard InChI is InChI=1S/C20H29FN4O3/c1-22-18(26)13-25-10-8-16(9-11-25)23-20(27)24-19(17-3-2-12-28-17)14-4-6-15(21)7-5-14/h4-7,16-17,19H,2-3,8-13H2,1H3,(H,22,26)(H2,23,24,27). The van der Waals surface area contributed by atoms with E-state index in [1.54, 1.807) is 19.2 Å². The minimum absolute atomic E-state index is 0.00264. The molecule has 1 aromatic rings. The van der Waals surface area contributed by atoms with Crippen molar-refractivity contribution in [2.45, 2.75) is 43.9 Å². The first kappa shape index (κ1) is 20.5. The van der Waals surface area contributed by atoms with Crippen LogP contribution in [0.3, 0.4) is 0 Å². The van der Waals surface area contributed by atoms with Crippen LogP contribution in [0.1, 0.15) is 37.3 Å². The van der Waals surface area contributed by atoms with Crippen molar-refractivity contribution < 1.29 is 18.7 Å². The Balaban J connectivity index is 1.53. The molecular weight excluding hydrogens is 363 g/mol. The minimum Gasteiger partial charge on any atom is -0.376 e. The van der Waals surface area contributed by atoms with Crippen LogP contribution in [0.25, 0.3) is 0 Å². The Morgan fingerprint density at radius 1 is 1.21 bits per heavy atom. The molecule has 0 spiro atoms. The maximum absolute atomic E-state index is 13.3. The quantitative estimate of drug-likeness (QED) is 0.686. The number of nitrogens with zero attached hydrogens (tertiary/aromatic N) is 1. The van der Waals surface area contributed by atoms with Gasteiger partial charge in [0.2, 0.25) is 5.91 Å². The molecule has 2 aliphatic heterocycles. The van der Waals surface area contributed by atoms with Crippen LogP contribution in [0.15, 0.2) is 24.3 Å². The lowest BCUT2D eigenvalue weighted by atomic mass is 9.99. The van der Waals surface area contributed by atoms with Gasteiger partial charge in [0.25, 0.3) is 0 Å². The second kappa shape index (κ2) is 9.84. The van der Waals surface area contributed by atoms with Gasteiger partial charge in [-0.15, -0.1) is 0 Å². The lowest BCUT2D eigenvalue weighted by molar-refractivity contribution is -0.122. The van der Waals surface area contributed by atoms with Gasteiger partial charge in [-0.3, -0.25) is 9.69 Å². The average molecular weight is 392 g/mol. The Morgan fingerprint density at radius 2 is 1.93 bits per heavy atom. The molecule has 7 nitrogen and oxygen atoms in total. The van der Waals surface area contributed by atoms with Crippen molar-refractivity contribution in [1.82, 2.24) is 20.9 Å². The fourth-order valence-corrected chi connectivity index (χ4v) is 3.81. The Hall–Kier alpha value is -2.19. The number of carbonyl (C=O) groups is 2. The highest BCUT2D eigenvalue weighted by atomic mass is 19.1. The highest BCUT2D eigenvalue weighted by Crippen LogP contribution is 2.27. The summed E-state index contributed by atoms with van der Waals surface area (Å²) in [5.74, 6) is -0.300. The Kier molecular flexibility index (Phi) is 7.22. The number of hydrogen-bond donors (Lipinski definition) is 3. The molecule has 2 atom stereocenters. The molecule has 0 aliphatic carbocycles. The second-order valence-electron chi connectivity index (χ2n) is 7.42. The van der Waals surface area contributed by atoms with E-state index in [1.165, 1.54) is 12.1 Å². The van der Waals surface area contributed by atoms with Crippen molar-refractivity contribution in [3.8, 4) is 0 Å². The van der Waals surface area contributed by atoms with E-state index in [4.69, 9.17) is 4.74 Å². The van der Waals surface area contributed by atoms with Crippen LogP contribution in [0.4, 0.5) is 9.18 Å². The molecule has 2 fully saturated rings. The van der Waals surface area contributed by atoms with Crippen LogP contribution < -0.4 is 16.0 Å². The van der Waals surface area contributed by atoms with Crippen LogP contribution >= 0.6 is 0 Å². The zero-order valence-electron chi connectivity index (χ0n) is 16.2. The van der Waals surface area contributed by atoms with E-state index >= 15 is 0 Å². The number of halogens is 1. The number of piperidine rings is 1. The number of likely N-dealkylation sites (tertiary alicyclic amines) is 1. The molecule has 0 aromatic heterocycles. The van der Waals surface area contributed by atoms with E-state index in [0.717, 1.165) is 44.3 Å². The zero-order chi connectivity index (χ0) is 19.9. The Labute approximate surface area is 165 Å². The monoisotopic (exact) mass is 392 g/mol. The van der Waals surface area contributed by atoms with Gasteiger partial charge in [0.15, 0.2) is 0 Å². The summed E-state index contributed by atoms with van der Waals surface area (Å²) in [5.41, 5.74) is 0.837. The molecule has 3 amide bonds. The molecule has 3 rings (SSSR count). The van der Waals surface area contributed by atoms with E-state index in [-0.39, 0.29) is 35.9 Å². The SMILES string of the molecule is CNC(=O)CN1CCC(NC(=O)NC(c2ccc(F)cc2)C2CCCO2)CC1. The van der Waals surface area contributed by atoms with Gasteiger partial charge in [-0.1, -0.05) is 12.1 Å². The number of amides is 3. The van der Waals surface area contributed by atoms with Crippen LogP contribution in [0, 0.1) is 5.82 Å². The Morgan fingerprint density at radius 3 is 2.54 bits per heavy atom. The highest BCUT2D eigenvalue weighted by molar-refractivity contribution is 5.77. The third-order valence-electron chi connectivity index (χ3n) is 5.42. The van der Waals surface area contributed by atoms with Gasteiger partial charge in [0.1, 0.15) is 5.82 Å². The minimum atomic E-state index is -0.309. The number of urea groups is 1. The normalized spacial score (nSPS) is 21.9. The average Bonchev–Trinajstić information content (AvgIpc) is 3.23. The first-order valence-corrected chi connectivity index (χ1v) is 9.92. The van der Waals surface area contributed by atoms with E-state index in [0.29, 0.717) is 13.2 Å². The predicted molar refractivity (Wildman–Crippen MR) is 103 cm³/mol. The first-order valence-electron chi connectivity index (χ1n) is 9.92. The van der Waals surface area contributed by atoms with Crippen molar-refractivity contribution in [3.05, 3.63) is 35.6 Å². The molecule has 0 saturated carbocycles. The van der Waals surface area contributed by atoms with E-state index < -0.39 is 0 Å². The lowest BCUT2D eigenvalue weighted by Gasteiger charge is -2.32. The smallest absolute Gasteiger partial charge is 0.315 e. The summed E-state index contributed by atoms with van der Waals surface area (Å²) in [6, 6.07) is 5.71. The summed E-state index contributed by atoms with van der Waals surface area (Å²) >= 11 is 0. The number of hydrogen-bond acceptors (Lipinski definition) is 4. The van der Waals surface area contributed by atoms with Crippen LogP contribution in [0.2, 0.25) is 0 Å². The molecule has 2 unspecified atom stereocenters. The van der Waals surface area contributed by atoms with Crippen molar-refractivity contribution in [2.75, 3.05) is 33.3 Å². The molecule has 154 valence electrons. The Bertz CT molecular complexity index is 656. The molecule has 0 radical (unpaired) electrons. The second-order valence-corrected chi connectivity index (χ2v) is 7.42. The fourth-order valence-electron chi connectivity index (χ4n) is 3.81. The van der Waals surface area contributed by atoms with Gasteiger partial charge in [-0.05, 0) is 43.4 Å². The molecule has 2 saturated heterocycles. The number of nitrogens with one attached hydrogen (secondary N) is 3. The number of ether oxygens (including phenoxy) is 1. The summed E-state index contributed by atoms with van der Waals surface area (Å²) < 4.78 is 19.0. The highest BCUT2D eigenvalue weighted by Gasteiger charge is 2.30. The molecular formula is C20H29FN4O3. The maximum Gasteiger partial charge on any atom is 0.315 e. The number of rotatable bonds is 6. The van der Waals surface area contributed by atoms with Crippen LogP contribution in [0.5, 0.6) is 0 Å². The summed E-state index contributed by atoms with van der Waals surface area (Å²) in [6.07, 6.45) is 3.30. The summed E-state index contributed by atoms with van der Waals surface area (Å²) in [6.45, 7) is 2.60. The molecule has 8 heteroatoms. The topological polar surface area (TPSA) is 82.7 Å².